The van der Waals surface area contributed by atoms with Crippen molar-refractivity contribution in [1.82, 2.24) is 19.9 Å². The van der Waals surface area contributed by atoms with Gasteiger partial charge >= 0.3 is 0 Å². The minimum Gasteiger partial charge on any atom is -0.508 e. The largest absolute Gasteiger partial charge is 0.508 e. The predicted octanol–water partition coefficient (Wildman–Crippen LogP) is 3.04. The maximum Gasteiger partial charge on any atom is 0.122 e. The number of aromatic nitrogens is 3. The summed E-state index contributed by atoms with van der Waals surface area (Å²) in [6.07, 6.45) is 3.78. The lowest BCUT2D eigenvalue weighted by molar-refractivity contribution is 0.150. The van der Waals surface area contributed by atoms with Crippen molar-refractivity contribution in [3.63, 3.8) is 0 Å². The normalized spacial score (nSPS) is 16.2. The molecule has 1 aromatic carbocycles. The first kappa shape index (κ1) is 17.2. The molecule has 1 atom stereocenters. The van der Waals surface area contributed by atoms with E-state index in [9.17, 15) is 10.2 Å². The third kappa shape index (κ3) is 3.95. The molecule has 7 heteroatoms. The third-order valence-electron chi connectivity index (χ3n) is 4.69. The number of benzene rings is 1. The molecule has 2 N–H and O–H groups in total. The van der Waals surface area contributed by atoms with Gasteiger partial charge in [0.25, 0.3) is 0 Å². The second-order valence-electron chi connectivity index (χ2n) is 6.74. The van der Waals surface area contributed by atoms with Gasteiger partial charge in [-0.2, -0.15) is 0 Å². The van der Waals surface area contributed by atoms with Gasteiger partial charge in [-0.05, 0) is 60.6 Å². The van der Waals surface area contributed by atoms with Crippen LogP contribution in [-0.2, 0) is 13.1 Å². The Morgan fingerprint density at radius 2 is 1.92 bits per heavy atom. The molecule has 2 aromatic heterocycles. The molecule has 0 bridgehead atoms. The van der Waals surface area contributed by atoms with Crippen LogP contribution in [0.15, 0.2) is 41.9 Å². The van der Waals surface area contributed by atoms with Gasteiger partial charge in [0, 0.05) is 6.54 Å². The molecule has 3 aromatic rings. The molecule has 26 heavy (non-hydrogen) atoms. The first-order chi connectivity index (χ1) is 12.7. The molecule has 3 heterocycles. The zero-order chi connectivity index (χ0) is 17.9. The molecule has 0 radical (unpaired) electrons. The second-order valence-corrected chi connectivity index (χ2v) is 7.65. The molecule has 0 amide bonds. The third-order valence-corrected chi connectivity index (χ3v) is 5.69. The number of hydrogen-bond donors (Lipinski definition) is 2. The smallest absolute Gasteiger partial charge is 0.122 e. The van der Waals surface area contributed by atoms with Gasteiger partial charge in [0.2, 0.25) is 0 Å². The van der Waals surface area contributed by atoms with E-state index in [1.165, 1.54) is 31.5 Å². The fourth-order valence-electron chi connectivity index (χ4n) is 3.27. The number of hydrogen-bond acceptors (Lipinski definition) is 6. The highest BCUT2D eigenvalue weighted by molar-refractivity contribution is 7.13. The van der Waals surface area contributed by atoms with Crippen LogP contribution in [0.2, 0.25) is 0 Å². The zero-order valence-corrected chi connectivity index (χ0v) is 15.3. The van der Waals surface area contributed by atoms with Crippen molar-refractivity contribution in [2.24, 2.45) is 0 Å². The van der Waals surface area contributed by atoms with Crippen molar-refractivity contribution in [2.75, 3.05) is 13.1 Å². The Morgan fingerprint density at radius 3 is 2.69 bits per heavy atom. The topological polar surface area (TPSA) is 74.4 Å². The lowest BCUT2D eigenvalue weighted by Crippen LogP contribution is -2.17. The number of phenolic OH excluding ortho intramolecular Hbond substituents is 1. The number of rotatable bonds is 6. The van der Waals surface area contributed by atoms with E-state index in [4.69, 9.17) is 0 Å². The average Bonchev–Trinajstić information content (AvgIpc) is 3.38. The van der Waals surface area contributed by atoms with Gasteiger partial charge in [0.1, 0.15) is 11.4 Å². The van der Waals surface area contributed by atoms with Crippen LogP contribution in [0, 0.1) is 0 Å². The van der Waals surface area contributed by atoms with E-state index in [0.29, 0.717) is 6.54 Å². The number of likely N-dealkylation sites (tertiary alicyclic amines) is 1. The standard InChI is InChI=1S/C19H22N4O2S/c24-16-5-3-15(4-6-16)18(25)12-23-11-17(20-21-23)19-9-14(13-26-19)10-22-7-1-2-8-22/h3-6,9,11,13,18,24-25H,1-2,7-8,10,12H2. The maximum atomic E-state index is 10.3. The van der Waals surface area contributed by atoms with E-state index in [0.717, 1.165) is 22.7 Å². The molecule has 6 nitrogen and oxygen atoms in total. The number of aliphatic hydroxyl groups is 1. The number of nitrogens with zero attached hydrogens (tertiary/aromatic N) is 4. The molecule has 0 saturated carbocycles. The summed E-state index contributed by atoms with van der Waals surface area (Å²) < 4.78 is 1.66. The van der Waals surface area contributed by atoms with Crippen molar-refractivity contribution >= 4 is 11.3 Å². The van der Waals surface area contributed by atoms with E-state index in [-0.39, 0.29) is 5.75 Å². The fraction of sp³-hybridized carbons (Fsp3) is 0.368. The van der Waals surface area contributed by atoms with Gasteiger partial charge in [-0.1, -0.05) is 17.3 Å². The quantitative estimate of drug-likeness (QED) is 0.698. The van der Waals surface area contributed by atoms with Crippen molar-refractivity contribution in [3.05, 3.63) is 53.0 Å². The molecule has 0 spiro atoms. The maximum absolute atomic E-state index is 10.3. The molecular weight excluding hydrogens is 348 g/mol. The van der Waals surface area contributed by atoms with Crippen molar-refractivity contribution in [3.8, 4) is 16.3 Å². The lowest BCUT2D eigenvalue weighted by Gasteiger charge is -2.12. The highest BCUT2D eigenvalue weighted by atomic mass is 32.1. The summed E-state index contributed by atoms with van der Waals surface area (Å²) >= 11 is 1.68. The van der Waals surface area contributed by atoms with E-state index in [2.05, 4.69) is 26.7 Å². The Labute approximate surface area is 156 Å². The molecule has 4 rings (SSSR count). The highest BCUT2D eigenvalue weighted by Crippen LogP contribution is 2.27. The van der Waals surface area contributed by atoms with Gasteiger partial charge in [-0.15, -0.1) is 16.4 Å². The van der Waals surface area contributed by atoms with Crippen LogP contribution in [0.25, 0.3) is 10.6 Å². The molecule has 1 aliphatic heterocycles. The molecule has 0 aliphatic carbocycles. The van der Waals surface area contributed by atoms with Gasteiger partial charge in [0.05, 0.1) is 23.7 Å². The second kappa shape index (κ2) is 7.57. The van der Waals surface area contributed by atoms with E-state index < -0.39 is 6.10 Å². The number of phenols is 1. The Hall–Kier alpha value is -2.22. The van der Waals surface area contributed by atoms with E-state index in [1.807, 2.05) is 6.20 Å². The Morgan fingerprint density at radius 1 is 1.15 bits per heavy atom. The first-order valence-corrected chi connectivity index (χ1v) is 9.72. The fourth-order valence-corrected chi connectivity index (χ4v) is 4.13. The van der Waals surface area contributed by atoms with Crippen LogP contribution in [0.1, 0.15) is 30.1 Å². The molecule has 1 aliphatic rings. The van der Waals surface area contributed by atoms with Crippen molar-refractivity contribution in [2.45, 2.75) is 32.0 Å². The average molecular weight is 370 g/mol. The molecule has 1 unspecified atom stereocenters. The highest BCUT2D eigenvalue weighted by Gasteiger charge is 2.15. The lowest BCUT2D eigenvalue weighted by atomic mass is 10.1. The zero-order valence-electron chi connectivity index (χ0n) is 14.5. The summed E-state index contributed by atoms with van der Waals surface area (Å²) in [5.74, 6) is 0.187. The summed E-state index contributed by atoms with van der Waals surface area (Å²) in [5, 5.41) is 30.3. The van der Waals surface area contributed by atoms with Crippen molar-refractivity contribution < 1.29 is 10.2 Å². The minimum absolute atomic E-state index is 0.187. The van der Waals surface area contributed by atoms with E-state index >= 15 is 0 Å². The van der Waals surface area contributed by atoms with Gasteiger partial charge in [0.15, 0.2) is 0 Å². The van der Waals surface area contributed by atoms with Gasteiger partial charge < -0.3 is 10.2 Å². The molecule has 1 fully saturated rings. The van der Waals surface area contributed by atoms with Crippen LogP contribution in [-0.4, -0.2) is 43.2 Å². The summed E-state index contributed by atoms with van der Waals surface area (Å²) in [6.45, 7) is 3.71. The summed E-state index contributed by atoms with van der Waals surface area (Å²) in [7, 11) is 0. The molecular formula is C19H22N4O2S. The van der Waals surface area contributed by atoms with Crippen LogP contribution in [0.4, 0.5) is 0 Å². The molecule has 1 saturated heterocycles. The Balaban J connectivity index is 1.41. The predicted molar refractivity (Wildman–Crippen MR) is 101 cm³/mol. The monoisotopic (exact) mass is 370 g/mol. The number of aromatic hydroxyl groups is 1. The summed E-state index contributed by atoms with van der Waals surface area (Å²) in [6, 6.07) is 8.75. The van der Waals surface area contributed by atoms with E-state index in [1.54, 1.807) is 40.3 Å². The minimum atomic E-state index is -0.695. The van der Waals surface area contributed by atoms with Crippen LogP contribution < -0.4 is 0 Å². The molecule has 136 valence electrons. The SMILES string of the molecule is Oc1ccc(C(O)Cn2cc(-c3cc(CN4CCCC4)cs3)nn2)cc1. The van der Waals surface area contributed by atoms with Crippen LogP contribution in [0.5, 0.6) is 5.75 Å². The van der Waals surface area contributed by atoms with Crippen LogP contribution in [0.3, 0.4) is 0 Å². The Bertz CT molecular complexity index is 853. The van der Waals surface area contributed by atoms with Crippen molar-refractivity contribution in [1.29, 1.82) is 0 Å². The number of aliphatic hydroxyl groups excluding tert-OH is 1. The Kier molecular flexibility index (Phi) is 5.01. The number of thiophene rings is 1. The summed E-state index contributed by atoms with van der Waals surface area (Å²) in [4.78, 5) is 3.58. The van der Waals surface area contributed by atoms with Gasteiger partial charge in [-0.25, -0.2) is 4.68 Å². The van der Waals surface area contributed by atoms with Crippen LogP contribution >= 0.6 is 11.3 Å². The first-order valence-electron chi connectivity index (χ1n) is 8.84. The summed E-state index contributed by atoms with van der Waals surface area (Å²) in [5.41, 5.74) is 2.90. The van der Waals surface area contributed by atoms with Gasteiger partial charge in [-0.3, -0.25) is 4.90 Å².